The van der Waals surface area contributed by atoms with E-state index in [1.165, 1.54) is 12.0 Å². The lowest BCUT2D eigenvalue weighted by molar-refractivity contribution is -0.132. The smallest absolute Gasteiger partial charge is 0.257 e. The van der Waals surface area contributed by atoms with Crippen LogP contribution < -0.4 is 4.74 Å². The summed E-state index contributed by atoms with van der Waals surface area (Å²) in [5.74, 6) is -2.04. The molecule has 4 aromatic rings. The van der Waals surface area contributed by atoms with Gasteiger partial charge >= 0.3 is 0 Å². The second-order valence-electron chi connectivity index (χ2n) is 9.35. The molecule has 0 aliphatic heterocycles. The first-order chi connectivity index (χ1) is 19.4. The fraction of sp³-hybridized carbons (Fsp3) is 0.290. The summed E-state index contributed by atoms with van der Waals surface area (Å²) in [4.78, 5) is 33.1. The van der Waals surface area contributed by atoms with Crippen LogP contribution in [-0.2, 0) is 22.5 Å². The number of amides is 2. The van der Waals surface area contributed by atoms with Gasteiger partial charge in [-0.3, -0.25) is 9.59 Å². The van der Waals surface area contributed by atoms with E-state index >= 15 is 0 Å². The monoisotopic (exact) mass is 549 g/mol. The van der Waals surface area contributed by atoms with Gasteiger partial charge in [0.25, 0.3) is 5.91 Å². The number of fused-ring (bicyclic) bond motifs is 1. The average Bonchev–Trinajstić information content (AvgIpc) is 3.37. The highest BCUT2D eigenvalue weighted by atomic mass is 19.1. The zero-order chi connectivity index (χ0) is 28.5. The minimum absolute atomic E-state index is 0.0667. The molecule has 1 heterocycles. The number of ether oxygens (including phenoxy) is 2. The molecule has 40 heavy (non-hydrogen) atoms. The number of nitrogens with zero attached hydrogens (tertiary/aromatic N) is 2. The molecule has 0 saturated carbocycles. The van der Waals surface area contributed by atoms with Crippen molar-refractivity contribution in [1.29, 1.82) is 0 Å². The van der Waals surface area contributed by atoms with Crippen molar-refractivity contribution in [1.82, 2.24) is 14.8 Å². The third-order valence-electron chi connectivity index (χ3n) is 6.63. The largest absolute Gasteiger partial charge is 0.494 e. The number of hydrogen-bond donors (Lipinski definition) is 1. The lowest BCUT2D eigenvalue weighted by Gasteiger charge is -2.28. The van der Waals surface area contributed by atoms with E-state index in [0.717, 1.165) is 39.9 Å². The number of para-hydroxylation sites is 1. The number of methoxy groups -OCH3 is 1. The lowest BCUT2D eigenvalue weighted by atomic mass is 10.1. The van der Waals surface area contributed by atoms with Gasteiger partial charge in [0, 0.05) is 49.9 Å². The Morgan fingerprint density at radius 1 is 0.950 bits per heavy atom. The summed E-state index contributed by atoms with van der Waals surface area (Å²) >= 11 is 0. The third-order valence-corrected chi connectivity index (χ3v) is 6.63. The quantitative estimate of drug-likeness (QED) is 0.249. The number of benzene rings is 3. The van der Waals surface area contributed by atoms with Crippen LogP contribution in [0.2, 0.25) is 0 Å². The Balaban J connectivity index is 1.56. The fourth-order valence-electron chi connectivity index (χ4n) is 4.51. The Hall–Kier alpha value is -4.24. The van der Waals surface area contributed by atoms with E-state index in [2.05, 4.69) is 4.98 Å². The van der Waals surface area contributed by atoms with Crippen LogP contribution in [0.3, 0.4) is 0 Å². The second-order valence-corrected chi connectivity index (χ2v) is 9.35. The Labute approximate surface area is 232 Å². The van der Waals surface area contributed by atoms with Crippen molar-refractivity contribution >= 4 is 22.7 Å². The third kappa shape index (κ3) is 7.24. The number of aromatic amines is 1. The molecule has 0 bridgehead atoms. The Morgan fingerprint density at radius 3 is 2.45 bits per heavy atom. The van der Waals surface area contributed by atoms with Gasteiger partial charge in [-0.05, 0) is 54.8 Å². The lowest BCUT2D eigenvalue weighted by Crippen LogP contribution is -2.44. The van der Waals surface area contributed by atoms with Gasteiger partial charge in [0.15, 0.2) is 0 Å². The molecule has 9 heteroatoms. The van der Waals surface area contributed by atoms with E-state index in [4.69, 9.17) is 9.47 Å². The van der Waals surface area contributed by atoms with Crippen LogP contribution in [0.5, 0.6) is 5.75 Å². The number of hydrogen-bond acceptors (Lipinski definition) is 4. The summed E-state index contributed by atoms with van der Waals surface area (Å²) in [5.41, 5.74) is 2.68. The van der Waals surface area contributed by atoms with Crippen LogP contribution in [-0.4, -0.2) is 66.6 Å². The number of aromatic nitrogens is 1. The van der Waals surface area contributed by atoms with Crippen LogP contribution in [0, 0.1) is 11.6 Å². The average molecular weight is 550 g/mol. The van der Waals surface area contributed by atoms with E-state index in [-0.39, 0.29) is 31.2 Å². The first-order valence-corrected chi connectivity index (χ1v) is 13.2. The molecular formula is C31H33F2N3O4. The van der Waals surface area contributed by atoms with Gasteiger partial charge in [0.05, 0.1) is 18.8 Å². The van der Waals surface area contributed by atoms with E-state index in [1.54, 1.807) is 4.90 Å². The molecule has 3 aromatic carbocycles. The van der Waals surface area contributed by atoms with Gasteiger partial charge in [-0.15, -0.1) is 0 Å². The molecule has 4 rings (SSSR count). The number of carbonyl (C=O) groups is 2. The first kappa shape index (κ1) is 28.8. The summed E-state index contributed by atoms with van der Waals surface area (Å²) < 4.78 is 38.5. The van der Waals surface area contributed by atoms with E-state index in [0.29, 0.717) is 32.2 Å². The minimum Gasteiger partial charge on any atom is -0.494 e. The maximum absolute atomic E-state index is 14.4. The number of rotatable bonds is 13. The fourth-order valence-corrected chi connectivity index (χ4v) is 4.51. The summed E-state index contributed by atoms with van der Waals surface area (Å²) in [6, 6.07) is 18.2. The van der Waals surface area contributed by atoms with Crippen molar-refractivity contribution < 1.29 is 27.8 Å². The van der Waals surface area contributed by atoms with Crippen molar-refractivity contribution in [2.45, 2.75) is 19.9 Å². The summed E-state index contributed by atoms with van der Waals surface area (Å²) in [5, 5.41) is 1.08. The Kier molecular flexibility index (Phi) is 9.86. The van der Waals surface area contributed by atoms with Crippen LogP contribution in [0.1, 0.15) is 28.4 Å². The van der Waals surface area contributed by atoms with Gasteiger partial charge in [-0.1, -0.05) is 30.3 Å². The molecule has 0 radical (unpaired) electrons. The maximum Gasteiger partial charge on any atom is 0.257 e. The first-order valence-electron chi connectivity index (χ1n) is 13.2. The maximum atomic E-state index is 14.4. The standard InChI is InChI=1S/C31H33F2N3O4/c1-3-40-25-11-8-22(9-12-25)20-35(15-14-23-19-34-29-7-5-4-6-26(23)29)30(37)21-36(16-17-39-2)31(38)27-13-10-24(32)18-28(27)33/h4-13,18-19,34H,3,14-17,20-21H2,1-2H3. The van der Waals surface area contributed by atoms with Gasteiger partial charge in [0.1, 0.15) is 23.9 Å². The molecule has 0 fully saturated rings. The van der Waals surface area contributed by atoms with E-state index in [9.17, 15) is 18.4 Å². The highest BCUT2D eigenvalue weighted by molar-refractivity contribution is 5.96. The zero-order valence-electron chi connectivity index (χ0n) is 22.7. The normalized spacial score (nSPS) is 11.0. The molecule has 7 nitrogen and oxygen atoms in total. The SMILES string of the molecule is CCOc1ccc(CN(CCc2c[nH]c3ccccc23)C(=O)CN(CCOC)C(=O)c2ccc(F)cc2F)cc1. The Morgan fingerprint density at radius 2 is 1.73 bits per heavy atom. The molecule has 0 aliphatic carbocycles. The van der Waals surface area contributed by atoms with Crippen LogP contribution in [0.15, 0.2) is 72.9 Å². The number of halogens is 2. The van der Waals surface area contributed by atoms with Gasteiger partial charge in [-0.2, -0.15) is 0 Å². The van der Waals surface area contributed by atoms with Crippen molar-refractivity contribution in [3.8, 4) is 5.75 Å². The molecule has 0 atom stereocenters. The molecule has 0 saturated heterocycles. The number of nitrogens with one attached hydrogen (secondary N) is 1. The summed E-state index contributed by atoms with van der Waals surface area (Å²) in [6.07, 6.45) is 2.53. The zero-order valence-corrected chi connectivity index (χ0v) is 22.7. The minimum atomic E-state index is -0.981. The molecular weight excluding hydrogens is 516 g/mol. The molecule has 0 spiro atoms. The number of carbonyl (C=O) groups excluding carboxylic acids is 2. The predicted octanol–water partition coefficient (Wildman–Crippen LogP) is 5.20. The van der Waals surface area contributed by atoms with Gasteiger partial charge in [0.2, 0.25) is 5.91 Å². The van der Waals surface area contributed by atoms with E-state index < -0.39 is 17.5 Å². The molecule has 0 unspecified atom stereocenters. The molecule has 0 aliphatic rings. The molecule has 2 amide bonds. The summed E-state index contributed by atoms with van der Waals surface area (Å²) in [7, 11) is 1.47. The topological polar surface area (TPSA) is 74.9 Å². The van der Waals surface area contributed by atoms with Crippen molar-refractivity contribution in [2.24, 2.45) is 0 Å². The van der Waals surface area contributed by atoms with E-state index in [1.807, 2.05) is 61.7 Å². The van der Waals surface area contributed by atoms with Gasteiger partial charge in [-0.25, -0.2) is 8.78 Å². The van der Waals surface area contributed by atoms with Gasteiger partial charge < -0.3 is 24.3 Å². The highest BCUT2D eigenvalue weighted by Gasteiger charge is 2.25. The highest BCUT2D eigenvalue weighted by Crippen LogP contribution is 2.20. The van der Waals surface area contributed by atoms with Crippen LogP contribution >= 0.6 is 0 Å². The molecule has 1 N–H and O–H groups in total. The van der Waals surface area contributed by atoms with Crippen molar-refractivity contribution in [2.75, 3.05) is 40.0 Å². The molecule has 210 valence electrons. The van der Waals surface area contributed by atoms with Crippen molar-refractivity contribution in [3.05, 3.63) is 101 Å². The van der Waals surface area contributed by atoms with Crippen LogP contribution in [0.4, 0.5) is 8.78 Å². The second kappa shape index (κ2) is 13.7. The predicted molar refractivity (Wildman–Crippen MR) is 149 cm³/mol. The Bertz CT molecular complexity index is 1440. The van der Waals surface area contributed by atoms with Crippen molar-refractivity contribution in [3.63, 3.8) is 0 Å². The summed E-state index contributed by atoms with van der Waals surface area (Å²) in [6.45, 7) is 3.09. The molecule has 1 aromatic heterocycles. The number of H-pyrrole nitrogens is 1. The van der Waals surface area contributed by atoms with Crippen LogP contribution in [0.25, 0.3) is 10.9 Å².